The zero-order valence-corrected chi connectivity index (χ0v) is 14.6. The lowest BCUT2D eigenvalue weighted by atomic mass is 10.1. The molecular formula is C16H24N2O4S. The van der Waals surface area contributed by atoms with Crippen molar-refractivity contribution < 1.29 is 17.9 Å². The molecule has 1 atom stereocenters. The van der Waals surface area contributed by atoms with Gasteiger partial charge in [0.1, 0.15) is 0 Å². The van der Waals surface area contributed by atoms with Crippen LogP contribution in [0.3, 0.4) is 0 Å². The van der Waals surface area contributed by atoms with E-state index in [9.17, 15) is 13.2 Å². The lowest BCUT2D eigenvalue weighted by Gasteiger charge is -2.24. The monoisotopic (exact) mass is 340 g/mol. The molecule has 0 aliphatic carbocycles. The van der Waals surface area contributed by atoms with E-state index in [1.165, 1.54) is 13.2 Å². The summed E-state index contributed by atoms with van der Waals surface area (Å²) < 4.78 is 32.4. The van der Waals surface area contributed by atoms with Crippen molar-refractivity contribution in [3.8, 4) is 0 Å². The maximum atomic E-state index is 12.6. The van der Waals surface area contributed by atoms with E-state index in [1.807, 2.05) is 6.92 Å². The predicted octanol–water partition coefficient (Wildman–Crippen LogP) is 1.54. The predicted molar refractivity (Wildman–Crippen MR) is 88.0 cm³/mol. The summed E-state index contributed by atoms with van der Waals surface area (Å²) in [6, 6.07) is 4.69. The van der Waals surface area contributed by atoms with Crippen LogP contribution in [-0.2, 0) is 14.8 Å². The Bertz CT molecular complexity index is 667. The Morgan fingerprint density at radius 3 is 2.61 bits per heavy atom. The van der Waals surface area contributed by atoms with Crippen molar-refractivity contribution in [3.05, 3.63) is 29.3 Å². The van der Waals surface area contributed by atoms with E-state index < -0.39 is 16.0 Å². The number of esters is 1. The third-order valence-corrected chi connectivity index (χ3v) is 5.80. The molecule has 0 amide bonds. The highest BCUT2D eigenvalue weighted by Gasteiger charge is 2.23. The van der Waals surface area contributed by atoms with Gasteiger partial charge in [0.15, 0.2) is 0 Å². The van der Waals surface area contributed by atoms with Crippen LogP contribution in [0.15, 0.2) is 23.1 Å². The molecule has 1 unspecified atom stereocenters. The van der Waals surface area contributed by atoms with Gasteiger partial charge in [-0.1, -0.05) is 6.07 Å². The quantitative estimate of drug-likeness (QED) is 0.795. The molecule has 7 heteroatoms. The number of aryl methyl sites for hydroxylation is 1. The van der Waals surface area contributed by atoms with Crippen LogP contribution in [0.5, 0.6) is 0 Å². The number of carbonyl (C=O) groups excluding carboxylic acids is 1. The first-order chi connectivity index (χ1) is 10.8. The zero-order chi connectivity index (χ0) is 17.0. The van der Waals surface area contributed by atoms with Crippen molar-refractivity contribution in [1.82, 2.24) is 9.62 Å². The second kappa shape index (κ2) is 7.42. The molecule has 1 aliphatic rings. The molecule has 1 aromatic carbocycles. The van der Waals surface area contributed by atoms with E-state index in [0.717, 1.165) is 25.9 Å². The number of benzene rings is 1. The average Bonchev–Trinajstić information content (AvgIpc) is 3.06. The van der Waals surface area contributed by atoms with Crippen LogP contribution < -0.4 is 4.72 Å². The third-order valence-electron chi connectivity index (χ3n) is 4.23. The Morgan fingerprint density at radius 2 is 2.00 bits per heavy atom. The summed E-state index contributed by atoms with van der Waals surface area (Å²) in [5.41, 5.74) is 0.824. The first-order valence-corrected chi connectivity index (χ1v) is 9.26. The summed E-state index contributed by atoms with van der Waals surface area (Å²) in [4.78, 5) is 14.0. The van der Waals surface area contributed by atoms with Crippen LogP contribution in [0.1, 0.15) is 35.7 Å². The van der Waals surface area contributed by atoms with E-state index in [2.05, 4.69) is 14.4 Å². The number of carbonyl (C=O) groups is 1. The summed E-state index contributed by atoms with van der Waals surface area (Å²) in [5.74, 6) is -0.549. The number of nitrogens with one attached hydrogen (secondary N) is 1. The van der Waals surface area contributed by atoms with Crippen molar-refractivity contribution in [2.24, 2.45) is 0 Å². The Morgan fingerprint density at radius 1 is 1.35 bits per heavy atom. The molecule has 0 aromatic heterocycles. The molecule has 0 radical (unpaired) electrons. The van der Waals surface area contributed by atoms with Gasteiger partial charge in [0, 0.05) is 12.6 Å². The molecule has 0 spiro atoms. The van der Waals surface area contributed by atoms with Crippen LogP contribution in [-0.4, -0.2) is 52.1 Å². The summed E-state index contributed by atoms with van der Waals surface area (Å²) >= 11 is 0. The summed E-state index contributed by atoms with van der Waals surface area (Å²) in [6.07, 6.45) is 2.33. The lowest BCUT2D eigenvalue weighted by Crippen LogP contribution is -2.40. The van der Waals surface area contributed by atoms with Gasteiger partial charge in [-0.25, -0.2) is 17.9 Å². The highest BCUT2D eigenvalue weighted by atomic mass is 32.2. The van der Waals surface area contributed by atoms with Crippen molar-refractivity contribution in [2.75, 3.05) is 26.7 Å². The molecule has 23 heavy (non-hydrogen) atoms. The van der Waals surface area contributed by atoms with E-state index in [0.29, 0.717) is 12.1 Å². The number of rotatable bonds is 6. The largest absolute Gasteiger partial charge is 0.465 e. The third kappa shape index (κ3) is 4.31. The molecule has 6 nitrogen and oxygen atoms in total. The number of sulfonamides is 1. The molecule has 1 heterocycles. The van der Waals surface area contributed by atoms with Crippen LogP contribution in [0, 0.1) is 6.92 Å². The van der Waals surface area contributed by atoms with Crippen molar-refractivity contribution in [2.45, 2.75) is 37.6 Å². The molecule has 1 saturated heterocycles. The number of hydrogen-bond donors (Lipinski definition) is 1. The molecule has 1 fully saturated rings. The zero-order valence-electron chi connectivity index (χ0n) is 13.8. The molecule has 0 saturated carbocycles. The second-order valence-electron chi connectivity index (χ2n) is 5.92. The van der Waals surface area contributed by atoms with E-state index in [1.54, 1.807) is 19.1 Å². The van der Waals surface area contributed by atoms with Gasteiger partial charge >= 0.3 is 5.97 Å². The molecule has 1 aliphatic heterocycles. The second-order valence-corrected chi connectivity index (χ2v) is 7.65. The first-order valence-electron chi connectivity index (χ1n) is 7.78. The van der Waals surface area contributed by atoms with E-state index >= 15 is 0 Å². The number of ether oxygens (including phenoxy) is 1. The molecule has 0 bridgehead atoms. The number of likely N-dealkylation sites (tertiary alicyclic amines) is 1. The minimum absolute atomic E-state index is 0.119. The smallest absolute Gasteiger partial charge is 0.337 e. The number of methoxy groups -OCH3 is 1. The molecule has 2 rings (SSSR count). The maximum absolute atomic E-state index is 12.6. The fourth-order valence-electron chi connectivity index (χ4n) is 2.75. The fourth-order valence-corrected chi connectivity index (χ4v) is 4.14. The van der Waals surface area contributed by atoms with Gasteiger partial charge in [-0.3, -0.25) is 4.90 Å². The molecule has 1 N–H and O–H groups in total. The molecule has 128 valence electrons. The number of nitrogens with zero attached hydrogens (tertiary/aromatic N) is 1. The minimum Gasteiger partial charge on any atom is -0.465 e. The Balaban J connectivity index is 2.13. The molecular weight excluding hydrogens is 316 g/mol. The highest BCUT2D eigenvalue weighted by Crippen LogP contribution is 2.18. The van der Waals surface area contributed by atoms with E-state index in [-0.39, 0.29) is 16.5 Å². The van der Waals surface area contributed by atoms with Gasteiger partial charge in [-0.05, 0) is 57.5 Å². The Labute approximate surface area is 137 Å². The van der Waals surface area contributed by atoms with Gasteiger partial charge < -0.3 is 4.74 Å². The van der Waals surface area contributed by atoms with Crippen LogP contribution >= 0.6 is 0 Å². The summed E-state index contributed by atoms with van der Waals surface area (Å²) in [6.45, 7) is 6.11. The van der Waals surface area contributed by atoms with Crippen molar-refractivity contribution in [1.29, 1.82) is 0 Å². The van der Waals surface area contributed by atoms with Gasteiger partial charge in [-0.15, -0.1) is 0 Å². The normalized spacial score (nSPS) is 17.2. The van der Waals surface area contributed by atoms with Crippen molar-refractivity contribution >= 4 is 16.0 Å². The van der Waals surface area contributed by atoms with Crippen LogP contribution in [0.4, 0.5) is 0 Å². The Kier molecular flexibility index (Phi) is 5.78. The SMILES string of the molecule is COC(=O)c1ccc(C)c(S(=O)(=O)NCC(C)N2CCCC2)c1. The summed E-state index contributed by atoms with van der Waals surface area (Å²) in [5, 5.41) is 0. The van der Waals surface area contributed by atoms with Gasteiger partial charge in [-0.2, -0.15) is 0 Å². The minimum atomic E-state index is -3.66. The van der Waals surface area contributed by atoms with E-state index in [4.69, 9.17) is 0 Å². The Hall–Kier alpha value is -1.44. The maximum Gasteiger partial charge on any atom is 0.337 e. The summed E-state index contributed by atoms with van der Waals surface area (Å²) in [7, 11) is -2.39. The topological polar surface area (TPSA) is 75.7 Å². The van der Waals surface area contributed by atoms with Crippen LogP contribution in [0.25, 0.3) is 0 Å². The standard InChI is InChI=1S/C16H24N2O4S/c1-12-6-7-14(16(19)22-3)10-15(12)23(20,21)17-11-13(2)18-8-4-5-9-18/h6-7,10,13,17H,4-5,8-9,11H2,1-3H3. The average molecular weight is 340 g/mol. The lowest BCUT2D eigenvalue weighted by molar-refractivity contribution is 0.0600. The highest BCUT2D eigenvalue weighted by molar-refractivity contribution is 7.89. The number of hydrogen-bond acceptors (Lipinski definition) is 5. The fraction of sp³-hybridized carbons (Fsp3) is 0.562. The van der Waals surface area contributed by atoms with Gasteiger partial charge in [0.2, 0.25) is 10.0 Å². The van der Waals surface area contributed by atoms with Crippen molar-refractivity contribution in [3.63, 3.8) is 0 Å². The first kappa shape index (κ1) is 17.9. The molecule has 1 aromatic rings. The van der Waals surface area contributed by atoms with Gasteiger partial charge in [0.05, 0.1) is 17.6 Å². The van der Waals surface area contributed by atoms with Gasteiger partial charge in [0.25, 0.3) is 0 Å². The van der Waals surface area contributed by atoms with Crippen LogP contribution in [0.2, 0.25) is 0 Å².